The van der Waals surface area contributed by atoms with Crippen molar-refractivity contribution in [2.45, 2.75) is 8.42 Å². The predicted molar refractivity (Wildman–Crippen MR) is 105 cm³/mol. The van der Waals surface area contributed by atoms with Crippen LogP contribution >= 0.6 is 22.7 Å². The third-order valence-corrected chi connectivity index (χ3v) is 10.5. The van der Waals surface area contributed by atoms with Crippen LogP contribution in [0.15, 0.2) is 74.0 Å². The van der Waals surface area contributed by atoms with Crippen molar-refractivity contribution in [3.63, 3.8) is 0 Å². The highest BCUT2D eigenvalue weighted by Gasteiger charge is 2.38. The maximum atomic E-state index is 13.2. The molecule has 9 nitrogen and oxygen atoms in total. The molecule has 0 bridgehead atoms. The second-order valence-electron chi connectivity index (χ2n) is 5.35. The molecule has 4 aromatic rings. The van der Waals surface area contributed by atoms with Gasteiger partial charge in [0.05, 0.1) is 11.4 Å². The van der Waals surface area contributed by atoms with E-state index in [4.69, 9.17) is 0 Å². The first kappa shape index (κ1) is 18.7. The van der Waals surface area contributed by atoms with Crippen LogP contribution in [0.5, 0.6) is 0 Å². The minimum Gasteiger partial charge on any atom is -0.200 e. The fourth-order valence-corrected chi connectivity index (χ4v) is 8.48. The lowest BCUT2D eigenvalue weighted by Crippen LogP contribution is -2.36. The number of nitrogens with zero attached hydrogens (tertiary/aromatic N) is 5. The van der Waals surface area contributed by atoms with Gasteiger partial charge in [-0.25, -0.2) is 4.68 Å². The van der Waals surface area contributed by atoms with E-state index >= 15 is 0 Å². The average Bonchev–Trinajstić information content (AvgIpc) is 3.46. The van der Waals surface area contributed by atoms with Gasteiger partial charge in [0.2, 0.25) is 0 Å². The molecule has 13 heteroatoms. The van der Waals surface area contributed by atoms with Crippen LogP contribution in [0.25, 0.3) is 5.69 Å². The first-order valence-electron chi connectivity index (χ1n) is 7.62. The van der Waals surface area contributed by atoms with Crippen LogP contribution in [0, 0.1) is 0 Å². The zero-order valence-corrected chi connectivity index (χ0v) is 17.1. The lowest BCUT2D eigenvalue weighted by molar-refractivity contribution is 0.586. The number of aromatic nitrogens is 4. The van der Waals surface area contributed by atoms with E-state index in [9.17, 15) is 16.8 Å². The highest BCUT2D eigenvalue weighted by atomic mass is 32.3. The molecule has 0 unspecified atom stereocenters. The van der Waals surface area contributed by atoms with E-state index in [1.165, 1.54) is 41.3 Å². The summed E-state index contributed by atoms with van der Waals surface area (Å²) < 4.78 is 54.6. The number of tetrazole rings is 1. The van der Waals surface area contributed by atoms with Crippen LogP contribution in [-0.2, 0) is 20.0 Å². The molecule has 0 saturated carbocycles. The van der Waals surface area contributed by atoms with Gasteiger partial charge >= 0.3 is 0 Å². The maximum absolute atomic E-state index is 13.2. The van der Waals surface area contributed by atoms with E-state index in [1.54, 1.807) is 29.0 Å². The summed E-state index contributed by atoms with van der Waals surface area (Å²) in [5.74, 6) is 0. The van der Waals surface area contributed by atoms with Crippen molar-refractivity contribution in [3.8, 4) is 5.69 Å². The molecule has 3 aromatic heterocycles. The van der Waals surface area contributed by atoms with Gasteiger partial charge < -0.3 is 0 Å². The summed E-state index contributed by atoms with van der Waals surface area (Å²) in [6.07, 6.45) is 1.32. The number of sulfonamides is 2. The maximum Gasteiger partial charge on any atom is 0.287 e. The SMILES string of the molecule is O=S(=O)(c1cccs1)N(c1cccc(-n2cnnn2)c1)S(=O)(=O)c1cccs1. The van der Waals surface area contributed by atoms with Gasteiger partial charge in [-0.2, -0.15) is 20.5 Å². The van der Waals surface area contributed by atoms with Crippen LogP contribution in [0.4, 0.5) is 5.69 Å². The molecule has 0 spiro atoms. The third kappa shape index (κ3) is 3.22. The van der Waals surface area contributed by atoms with E-state index in [0.717, 1.165) is 22.7 Å². The monoisotopic (exact) mass is 453 g/mol. The van der Waals surface area contributed by atoms with Crippen molar-refractivity contribution < 1.29 is 16.8 Å². The summed E-state index contributed by atoms with van der Waals surface area (Å²) in [5.41, 5.74) is 0.366. The van der Waals surface area contributed by atoms with Crippen molar-refractivity contribution in [1.29, 1.82) is 0 Å². The molecule has 0 fully saturated rings. The minimum absolute atomic E-state index is 0.0465. The summed E-state index contributed by atoms with van der Waals surface area (Å²) in [6, 6.07) is 11.8. The largest absolute Gasteiger partial charge is 0.287 e. The topological polar surface area (TPSA) is 115 Å². The fraction of sp³-hybridized carbons (Fsp3) is 0. The Balaban J connectivity index is 1.94. The number of thiophene rings is 2. The molecule has 3 heterocycles. The molecular formula is C15H11N5O4S4. The van der Waals surface area contributed by atoms with Crippen molar-refractivity contribution >= 4 is 48.4 Å². The average molecular weight is 454 g/mol. The minimum atomic E-state index is -4.37. The highest BCUT2D eigenvalue weighted by molar-refractivity contribution is 8.11. The lowest BCUT2D eigenvalue weighted by atomic mass is 10.3. The first-order chi connectivity index (χ1) is 13.4. The van der Waals surface area contributed by atoms with Gasteiger partial charge in [-0.05, 0) is 51.5 Å². The Bertz CT molecular complexity index is 1220. The second kappa shape index (κ2) is 7.09. The number of hydrogen-bond acceptors (Lipinski definition) is 9. The molecule has 144 valence electrons. The summed E-state index contributed by atoms with van der Waals surface area (Å²) in [6.45, 7) is 0. The zero-order chi connectivity index (χ0) is 19.8. The molecule has 0 amide bonds. The van der Waals surface area contributed by atoms with Gasteiger partial charge in [0, 0.05) is 0 Å². The van der Waals surface area contributed by atoms with Crippen LogP contribution in [0.1, 0.15) is 0 Å². The molecule has 0 aliphatic rings. The molecule has 4 rings (SSSR count). The molecule has 0 aliphatic carbocycles. The molecule has 0 radical (unpaired) electrons. The second-order valence-corrected chi connectivity index (χ2v) is 11.5. The van der Waals surface area contributed by atoms with Gasteiger partial charge in [0.1, 0.15) is 14.7 Å². The third-order valence-electron chi connectivity index (χ3n) is 3.59. The number of rotatable bonds is 6. The number of anilines is 1. The van der Waals surface area contributed by atoms with E-state index in [2.05, 4.69) is 15.5 Å². The van der Waals surface area contributed by atoms with Crippen molar-refractivity contribution in [3.05, 3.63) is 65.6 Å². The van der Waals surface area contributed by atoms with Crippen LogP contribution in [-0.4, -0.2) is 37.0 Å². The van der Waals surface area contributed by atoms with E-state index in [0.29, 0.717) is 9.40 Å². The van der Waals surface area contributed by atoms with E-state index in [1.807, 2.05) is 0 Å². The molecule has 0 atom stereocenters. The standard InChI is InChI=1S/C15H11N5O4S4/c21-27(22,14-6-2-8-25-14)20(28(23,24)15-7-3-9-26-15)13-5-1-4-12(10-13)19-11-16-17-18-19/h1-11H. The summed E-state index contributed by atoms with van der Waals surface area (Å²) in [7, 11) is -8.74. The Labute approximate surface area is 168 Å². The quantitative estimate of drug-likeness (QED) is 0.440. The zero-order valence-electron chi connectivity index (χ0n) is 13.9. The summed E-state index contributed by atoms with van der Waals surface area (Å²) >= 11 is 1.88. The molecule has 0 saturated heterocycles. The van der Waals surface area contributed by atoms with Gasteiger partial charge in [-0.3, -0.25) is 0 Å². The molecule has 0 aliphatic heterocycles. The van der Waals surface area contributed by atoms with E-state index in [-0.39, 0.29) is 14.1 Å². The number of hydrogen-bond donors (Lipinski definition) is 0. The van der Waals surface area contributed by atoms with Crippen LogP contribution in [0.2, 0.25) is 0 Å². The van der Waals surface area contributed by atoms with Gasteiger partial charge in [-0.15, -0.1) is 27.8 Å². The molecule has 28 heavy (non-hydrogen) atoms. The van der Waals surface area contributed by atoms with Crippen molar-refractivity contribution in [2.24, 2.45) is 0 Å². The normalized spacial score (nSPS) is 12.1. The molecule has 1 aromatic carbocycles. The van der Waals surface area contributed by atoms with Gasteiger partial charge in [0.25, 0.3) is 20.0 Å². The summed E-state index contributed by atoms with van der Waals surface area (Å²) in [5, 5.41) is 14.0. The highest BCUT2D eigenvalue weighted by Crippen LogP contribution is 2.34. The Morgan fingerprint density at radius 2 is 1.50 bits per heavy atom. The van der Waals surface area contributed by atoms with Crippen molar-refractivity contribution in [2.75, 3.05) is 3.71 Å². The lowest BCUT2D eigenvalue weighted by Gasteiger charge is -2.23. The van der Waals surface area contributed by atoms with Gasteiger partial charge in [-0.1, -0.05) is 18.2 Å². The summed E-state index contributed by atoms with van der Waals surface area (Å²) in [4.78, 5) is 0. The molecular weight excluding hydrogens is 442 g/mol. The van der Waals surface area contributed by atoms with Crippen molar-refractivity contribution in [1.82, 2.24) is 20.2 Å². The smallest absolute Gasteiger partial charge is 0.200 e. The Hall–Kier alpha value is -2.61. The Morgan fingerprint density at radius 3 is 2.00 bits per heavy atom. The first-order valence-corrected chi connectivity index (χ1v) is 12.3. The predicted octanol–water partition coefficient (Wildman–Crippen LogP) is 2.37. The molecule has 0 N–H and O–H groups in total. The van der Waals surface area contributed by atoms with E-state index < -0.39 is 20.0 Å². The number of benzene rings is 1. The fourth-order valence-electron chi connectivity index (χ4n) is 2.42. The van der Waals surface area contributed by atoms with Crippen LogP contribution in [0.3, 0.4) is 0 Å². The van der Waals surface area contributed by atoms with Gasteiger partial charge in [0.15, 0.2) is 0 Å². The Kier molecular flexibility index (Phi) is 4.74. The Morgan fingerprint density at radius 1 is 0.857 bits per heavy atom. The van der Waals surface area contributed by atoms with Crippen LogP contribution < -0.4 is 3.71 Å².